The molecule has 0 spiro atoms. The topological polar surface area (TPSA) is 38.3 Å². The van der Waals surface area contributed by atoms with Crippen LogP contribution in [0.1, 0.15) is 42.6 Å². The molecule has 0 amide bonds. The third kappa shape index (κ3) is 2.35. The molecule has 1 N–H and O–H groups in total. The van der Waals surface area contributed by atoms with Crippen molar-refractivity contribution in [2.45, 2.75) is 33.1 Å². The maximum absolute atomic E-state index is 12.9. The minimum atomic E-state index is -0.304. The molecular formula is C17H23NO2. The third-order valence-electron chi connectivity index (χ3n) is 4.85. The molecule has 20 heavy (non-hydrogen) atoms. The number of carbonyl (C=O) groups excluding carboxylic acids is 1. The quantitative estimate of drug-likeness (QED) is 0.861. The molecule has 2 aliphatic heterocycles. The van der Waals surface area contributed by atoms with E-state index in [1.54, 1.807) is 0 Å². The minimum absolute atomic E-state index is 0.265. The average Bonchev–Trinajstić information content (AvgIpc) is 2.94. The number of carbonyl (C=O) groups is 1. The van der Waals surface area contributed by atoms with Crippen LogP contribution in [0.3, 0.4) is 0 Å². The van der Waals surface area contributed by atoms with E-state index in [0.717, 1.165) is 43.9 Å². The Morgan fingerprint density at radius 2 is 2.25 bits per heavy atom. The van der Waals surface area contributed by atoms with Gasteiger partial charge in [-0.1, -0.05) is 13.8 Å². The van der Waals surface area contributed by atoms with Crippen molar-refractivity contribution in [2.75, 3.05) is 19.7 Å². The summed E-state index contributed by atoms with van der Waals surface area (Å²) in [5.41, 5.74) is 1.71. The standard InChI is InChI=1S/C17H23NO2/c1-17(2,14-4-3-8-18-11-14)16(19)13-5-6-15-12(10-13)7-9-20-15/h5-6,10,14,18H,3-4,7-9,11H2,1-2H3. The fraction of sp³-hybridized carbons (Fsp3) is 0.588. The number of hydrogen-bond donors (Lipinski definition) is 1. The van der Waals surface area contributed by atoms with Crippen molar-refractivity contribution in [2.24, 2.45) is 11.3 Å². The number of benzene rings is 1. The summed E-state index contributed by atoms with van der Waals surface area (Å²) in [5, 5.41) is 3.42. The zero-order valence-corrected chi connectivity index (χ0v) is 12.4. The molecule has 1 unspecified atom stereocenters. The summed E-state index contributed by atoms with van der Waals surface area (Å²) in [7, 11) is 0. The van der Waals surface area contributed by atoms with Crippen molar-refractivity contribution in [1.29, 1.82) is 0 Å². The summed E-state index contributed by atoms with van der Waals surface area (Å²) in [6.07, 6.45) is 3.22. The molecular weight excluding hydrogens is 250 g/mol. The maximum Gasteiger partial charge on any atom is 0.168 e. The second-order valence-corrected chi connectivity index (χ2v) is 6.52. The van der Waals surface area contributed by atoms with Gasteiger partial charge < -0.3 is 10.1 Å². The molecule has 1 saturated heterocycles. The molecule has 0 bridgehead atoms. The normalized spacial score (nSPS) is 22.2. The number of ketones is 1. The molecule has 2 heterocycles. The van der Waals surface area contributed by atoms with Crippen LogP contribution < -0.4 is 10.1 Å². The van der Waals surface area contributed by atoms with Crippen molar-refractivity contribution < 1.29 is 9.53 Å². The van der Waals surface area contributed by atoms with Gasteiger partial charge in [-0.05, 0) is 55.6 Å². The zero-order valence-electron chi connectivity index (χ0n) is 12.4. The Morgan fingerprint density at radius 1 is 1.40 bits per heavy atom. The van der Waals surface area contributed by atoms with E-state index in [9.17, 15) is 4.79 Å². The minimum Gasteiger partial charge on any atom is -0.493 e. The number of Topliss-reactive ketones (excluding diaryl/α,β-unsaturated/α-hetero) is 1. The van der Waals surface area contributed by atoms with Crippen molar-refractivity contribution in [3.05, 3.63) is 29.3 Å². The highest BCUT2D eigenvalue weighted by Gasteiger charge is 2.37. The molecule has 108 valence electrons. The Bertz CT molecular complexity index is 516. The van der Waals surface area contributed by atoms with E-state index >= 15 is 0 Å². The Kier molecular flexibility index (Phi) is 3.55. The van der Waals surface area contributed by atoms with Gasteiger partial charge in [0.2, 0.25) is 0 Å². The van der Waals surface area contributed by atoms with Crippen LogP contribution in [0.5, 0.6) is 5.75 Å². The molecule has 0 radical (unpaired) electrons. The van der Waals surface area contributed by atoms with Gasteiger partial charge in [0.15, 0.2) is 5.78 Å². The van der Waals surface area contributed by atoms with Crippen molar-refractivity contribution in [3.8, 4) is 5.75 Å². The number of fused-ring (bicyclic) bond motifs is 1. The first kappa shape index (κ1) is 13.6. The first-order chi connectivity index (χ1) is 9.59. The van der Waals surface area contributed by atoms with Crippen LogP contribution in [0, 0.1) is 11.3 Å². The van der Waals surface area contributed by atoms with Gasteiger partial charge >= 0.3 is 0 Å². The van der Waals surface area contributed by atoms with Crippen LogP contribution >= 0.6 is 0 Å². The molecule has 0 aliphatic carbocycles. The van der Waals surface area contributed by atoms with Crippen LogP contribution in [-0.2, 0) is 6.42 Å². The van der Waals surface area contributed by atoms with E-state index in [-0.39, 0.29) is 11.2 Å². The lowest BCUT2D eigenvalue weighted by atomic mass is 9.70. The Labute approximate surface area is 120 Å². The van der Waals surface area contributed by atoms with E-state index in [2.05, 4.69) is 19.2 Å². The SMILES string of the molecule is CC(C)(C(=O)c1ccc2c(c1)CCO2)C1CCCNC1. The fourth-order valence-corrected chi connectivity index (χ4v) is 3.35. The highest BCUT2D eigenvalue weighted by atomic mass is 16.5. The second kappa shape index (κ2) is 5.21. The van der Waals surface area contributed by atoms with Crippen LogP contribution in [0.2, 0.25) is 0 Å². The molecule has 3 heteroatoms. The summed E-state index contributed by atoms with van der Waals surface area (Å²) in [6.45, 7) is 6.96. The fourth-order valence-electron chi connectivity index (χ4n) is 3.35. The van der Waals surface area contributed by atoms with Gasteiger partial charge in [-0.3, -0.25) is 4.79 Å². The monoisotopic (exact) mass is 273 g/mol. The summed E-state index contributed by atoms with van der Waals surface area (Å²) in [6, 6.07) is 5.90. The van der Waals surface area contributed by atoms with Gasteiger partial charge in [-0.2, -0.15) is 0 Å². The van der Waals surface area contributed by atoms with Gasteiger partial charge in [0.05, 0.1) is 6.61 Å². The predicted molar refractivity (Wildman–Crippen MR) is 79.3 cm³/mol. The highest BCUT2D eigenvalue weighted by molar-refractivity contribution is 6.00. The molecule has 2 aliphatic rings. The van der Waals surface area contributed by atoms with Crippen LogP contribution in [0.25, 0.3) is 0 Å². The molecule has 1 aromatic rings. The Balaban J connectivity index is 1.83. The van der Waals surface area contributed by atoms with Crippen LogP contribution in [0.15, 0.2) is 18.2 Å². The molecule has 3 rings (SSSR count). The predicted octanol–water partition coefficient (Wildman–Crippen LogP) is 2.83. The van der Waals surface area contributed by atoms with E-state index in [4.69, 9.17) is 4.74 Å². The number of hydrogen-bond acceptors (Lipinski definition) is 3. The second-order valence-electron chi connectivity index (χ2n) is 6.52. The van der Waals surface area contributed by atoms with E-state index in [0.29, 0.717) is 5.92 Å². The van der Waals surface area contributed by atoms with Crippen LogP contribution in [0.4, 0.5) is 0 Å². The van der Waals surface area contributed by atoms with Gasteiger partial charge in [-0.15, -0.1) is 0 Å². The molecule has 1 atom stereocenters. The number of ether oxygens (including phenoxy) is 1. The highest BCUT2D eigenvalue weighted by Crippen LogP contribution is 2.36. The van der Waals surface area contributed by atoms with Crippen molar-refractivity contribution >= 4 is 5.78 Å². The van der Waals surface area contributed by atoms with E-state index in [1.165, 1.54) is 12.0 Å². The van der Waals surface area contributed by atoms with Gasteiger partial charge in [0.25, 0.3) is 0 Å². The van der Waals surface area contributed by atoms with Gasteiger partial charge in [0.1, 0.15) is 5.75 Å². The first-order valence-corrected chi connectivity index (χ1v) is 7.60. The number of nitrogens with one attached hydrogen (secondary N) is 1. The summed E-state index contributed by atoms with van der Waals surface area (Å²) in [5.74, 6) is 1.63. The van der Waals surface area contributed by atoms with E-state index in [1.807, 2.05) is 18.2 Å². The first-order valence-electron chi connectivity index (χ1n) is 7.60. The zero-order chi connectivity index (χ0) is 14.2. The summed E-state index contributed by atoms with van der Waals surface area (Å²) < 4.78 is 5.51. The number of rotatable bonds is 3. The number of piperidine rings is 1. The third-order valence-corrected chi connectivity index (χ3v) is 4.85. The molecule has 1 fully saturated rings. The van der Waals surface area contributed by atoms with Gasteiger partial charge in [0, 0.05) is 17.4 Å². The average molecular weight is 273 g/mol. The maximum atomic E-state index is 12.9. The molecule has 3 nitrogen and oxygen atoms in total. The Morgan fingerprint density at radius 3 is 3.00 bits per heavy atom. The lowest BCUT2D eigenvalue weighted by molar-refractivity contribution is 0.0708. The van der Waals surface area contributed by atoms with Crippen molar-refractivity contribution in [3.63, 3.8) is 0 Å². The summed E-state index contributed by atoms with van der Waals surface area (Å²) in [4.78, 5) is 12.9. The largest absolute Gasteiger partial charge is 0.493 e. The lowest BCUT2D eigenvalue weighted by Crippen LogP contribution is -2.42. The molecule has 0 saturated carbocycles. The smallest absolute Gasteiger partial charge is 0.168 e. The molecule has 1 aromatic carbocycles. The van der Waals surface area contributed by atoms with Crippen LogP contribution in [-0.4, -0.2) is 25.5 Å². The lowest BCUT2D eigenvalue weighted by Gasteiger charge is -2.36. The molecule has 0 aromatic heterocycles. The van der Waals surface area contributed by atoms with Crippen molar-refractivity contribution in [1.82, 2.24) is 5.32 Å². The summed E-state index contributed by atoms with van der Waals surface area (Å²) >= 11 is 0. The van der Waals surface area contributed by atoms with E-state index < -0.39 is 0 Å². The van der Waals surface area contributed by atoms with Gasteiger partial charge in [-0.25, -0.2) is 0 Å². The Hall–Kier alpha value is -1.35.